The maximum absolute atomic E-state index is 13.9. The van der Waals surface area contributed by atoms with Gasteiger partial charge in [0.2, 0.25) is 0 Å². The molecular weight excluding hydrogens is 256 g/mol. The van der Waals surface area contributed by atoms with Crippen molar-refractivity contribution in [2.75, 3.05) is 13.6 Å². The highest BCUT2D eigenvalue weighted by atomic mass is 19.1. The van der Waals surface area contributed by atoms with Gasteiger partial charge in [-0.2, -0.15) is 0 Å². The zero-order valence-corrected chi connectivity index (χ0v) is 11.8. The van der Waals surface area contributed by atoms with Gasteiger partial charge in [-0.05, 0) is 55.3 Å². The van der Waals surface area contributed by atoms with E-state index < -0.39 is 0 Å². The minimum absolute atomic E-state index is 0.0327. The highest BCUT2D eigenvalue weighted by Gasteiger charge is 2.16. The monoisotopic (exact) mass is 275 g/mol. The third kappa shape index (κ3) is 3.42. The lowest BCUT2D eigenvalue weighted by atomic mass is 9.90. The molecular formula is C17H19F2N. The van der Waals surface area contributed by atoms with Crippen LogP contribution in [0.1, 0.15) is 22.6 Å². The van der Waals surface area contributed by atoms with Crippen LogP contribution in [0.15, 0.2) is 42.5 Å². The van der Waals surface area contributed by atoms with Crippen LogP contribution in [0.4, 0.5) is 8.78 Å². The first-order valence-corrected chi connectivity index (χ1v) is 6.76. The molecule has 0 aliphatic rings. The molecule has 0 heterocycles. The molecule has 1 atom stereocenters. The Morgan fingerprint density at radius 1 is 1.10 bits per heavy atom. The molecule has 106 valence electrons. The summed E-state index contributed by atoms with van der Waals surface area (Å²) in [6, 6.07) is 11.6. The van der Waals surface area contributed by atoms with E-state index in [0.717, 1.165) is 11.1 Å². The molecule has 0 spiro atoms. The number of halogens is 2. The van der Waals surface area contributed by atoms with Crippen LogP contribution in [0, 0.1) is 18.6 Å². The van der Waals surface area contributed by atoms with E-state index in [2.05, 4.69) is 5.32 Å². The van der Waals surface area contributed by atoms with Gasteiger partial charge in [-0.1, -0.05) is 24.3 Å². The molecule has 2 rings (SSSR count). The first-order valence-electron chi connectivity index (χ1n) is 6.76. The van der Waals surface area contributed by atoms with Gasteiger partial charge in [0.25, 0.3) is 0 Å². The fourth-order valence-electron chi connectivity index (χ4n) is 2.50. The van der Waals surface area contributed by atoms with E-state index in [9.17, 15) is 8.78 Å². The maximum atomic E-state index is 13.9. The maximum Gasteiger partial charge on any atom is 0.126 e. The first-order chi connectivity index (χ1) is 9.61. The number of rotatable bonds is 5. The van der Waals surface area contributed by atoms with Crippen LogP contribution in [0.3, 0.4) is 0 Å². The highest BCUT2D eigenvalue weighted by Crippen LogP contribution is 2.24. The Morgan fingerprint density at radius 3 is 2.50 bits per heavy atom. The van der Waals surface area contributed by atoms with Crippen LogP contribution in [-0.4, -0.2) is 13.6 Å². The van der Waals surface area contributed by atoms with Crippen LogP contribution in [0.2, 0.25) is 0 Å². The Hall–Kier alpha value is -1.74. The first kappa shape index (κ1) is 14.7. The zero-order chi connectivity index (χ0) is 14.5. The quantitative estimate of drug-likeness (QED) is 0.874. The summed E-state index contributed by atoms with van der Waals surface area (Å²) < 4.78 is 27.1. The second-order valence-corrected chi connectivity index (χ2v) is 5.05. The second kappa shape index (κ2) is 6.62. The summed E-state index contributed by atoms with van der Waals surface area (Å²) in [5.41, 5.74) is 2.66. The van der Waals surface area contributed by atoms with Crippen LogP contribution in [0.25, 0.3) is 0 Å². The molecule has 0 amide bonds. The van der Waals surface area contributed by atoms with Crippen molar-refractivity contribution in [1.82, 2.24) is 5.32 Å². The number of hydrogen-bond donors (Lipinski definition) is 1. The topological polar surface area (TPSA) is 12.0 Å². The predicted octanol–water partition coefficient (Wildman–Crippen LogP) is 3.82. The number of benzene rings is 2. The lowest BCUT2D eigenvalue weighted by molar-refractivity contribution is 0.555. The SMILES string of the molecule is CNCC(Cc1ccc(F)cc1C)c1ccccc1F. The molecule has 0 fully saturated rings. The van der Waals surface area contributed by atoms with Gasteiger partial charge < -0.3 is 5.32 Å². The van der Waals surface area contributed by atoms with Gasteiger partial charge in [-0.25, -0.2) is 8.78 Å². The summed E-state index contributed by atoms with van der Waals surface area (Å²) in [6.07, 6.45) is 0.688. The van der Waals surface area contributed by atoms with E-state index in [4.69, 9.17) is 0 Å². The van der Waals surface area contributed by atoms with Crippen molar-refractivity contribution >= 4 is 0 Å². The molecule has 0 bridgehead atoms. The van der Waals surface area contributed by atoms with Gasteiger partial charge in [0.1, 0.15) is 11.6 Å². The average Bonchev–Trinajstić information content (AvgIpc) is 2.42. The van der Waals surface area contributed by atoms with Crippen molar-refractivity contribution in [3.8, 4) is 0 Å². The minimum atomic E-state index is -0.234. The van der Waals surface area contributed by atoms with Crippen molar-refractivity contribution < 1.29 is 8.78 Å². The molecule has 1 nitrogen and oxygen atoms in total. The number of hydrogen-bond acceptors (Lipinski definition) is 1. The number of nitrogens with one attached hydrogen (secondary N) is 1. The highest BCUT2D eigenvalue weighted by molar-refractivity contribution is 5.31. The molecule has 20 heavy (non-hydrogen) atoms. The van der Waals surface area contributed by atoms with E-state index in [1.54, 1.807) is 12.1 Å². The van der Waals surface area contributed by atoms with E-state index in [1.165, 1.54) is 18.2 Å². The van der Waals surface area contributed by atoms with Gasteiger partial charge in [0, 0.05) is 12.5 Å². The largest absolute Gasteiger partial charge is 0.319 e. The van der Waals surface area contributed by atoms with Crippen molar-refractivity contribution in [2.24, 2.45) is 0 Å². The van der Waals surface area contributed by atoms with Gasteiger partial charge >= 0.3 is 0 Å². The van der Waals surface area contributed by atoms with Crippen LogP contribution < -0.4 is 5.32 Å². The molecule has 3 heteroatoms. The van der Waals surface area contributed by atoms with Crippen LogP contribution >= 0.6 is 0 Å². The van der Waals surface area contributed by atoms with Crippen LogP contribution in [0.5, 0.6) is 0 Å². The molecule has 1 N–H and O–H groups in total. The Bertz CT molecular complexity index is 581. The Morgan fingerprint density at radius 2 is 1.85 bits per heavy atom. The van der Waals surface area contributed by atoms with Crippen LogP contribution in [-0.2, 0) is 6.42 Å². The van der Waals surface area contributed by atoms with Crippen molar-refractivity contribution in [2.45, 2.75) is 19.3 Å². The number of likely N-dealkylation sites (N-methyl/N-ethyl adjacent to an activating group) is 1. The summed E-state index contributed by atoms with van der Waals surface area (Å²) in [7, 11) is 1.85. The minimum Gasteiger partial charge on any atom is -0.319 e. The molecule has 0 aliphatic carbocycles. The normalized spacial score (nSPS) is 12.4. The molecule has 0 aromatic heterocycles. The lowest BCUT2D eigenvalue weighted by Crippen LogP contribution is -2.20. The molecule has 0 radical (unpaired) electrons. The molecule has 1 unspecified atom stereocenters. The van der Waals surface area contributed by atoms with E-state index in [1.807, 2.05) is 26.1 Å². The molecule has 0 saturated carbocycles. The summed E-state index contributed by atoms with van der Waals surface area (Å²) in [6.45, 7) is 2.56. The smallest absolute Gasteiger partial charge is 0.126 e. The van der Waals surface area contributed by atoms with Crippen molar-refractivity contribution in [3.63, 3.8) is 0 Å². The van der Waals surface area contributed by atoms with Gasteiger partial charge in [0.05, 0.1) is 0 Å². The second-order valence-electron chi connectivity index (χ2n) is 5.05. The fourth-order valence-corrected chi connectivity index (χ4v) is 2.50. The van der Waals surface area contributed by atoms with E-state index >= 15 is 0 Å². The zero-order valence-electron chi connectivity index (χ0n) is 11.8. The molecule has 0 saturated heterocycles. The average molecular weight is 275 g/mol. The fraction of sp³-hybridized carbons (Fsp3) is 0.294. The van der Waals surface area contributed by atoms with E-state index in [-0.39, 0.29) is 17.6 Å². The van der Waals surface area contributed by atoms with Crippen molar-refractivity contribution in [3.05, 3.63) is 70.8 Å². The third-order valence-corrected chi connectivity index (χ3v) is 3.57. The summed E-state index contributed by atoms with van der Waals surface area (Å²) in [4.78, 5) is 0. The summed E-state index contributed by atoms with van der Waals surface area (Å²) >= 11 is 0. The molecule has 2 aromatic rings. The Balaban J connectivity index is 2.28. The Labute approximate surface area is 118 Å². The van der Waals surface area contributed by atoms with E-state index in [0.29, 0.717) is 18.5 Å². The third-order valence-electron chi connectivity index (χ3n) is 3.57. The molecule has 2 aromatic carbocycles. The van der Waals surface area contributed by atoms with Gasteiger partial charge in [-0.15, -0.1) is 0 Å². The summed E-state index contributed by atoms with van der Waals surface area (Å²) in [5, 5.41) is 3.10. The summed E-state index contributed by atoms with van der Waals surface area (Å²) in [5.74, 6) is -0.389. The molecule has 0 aliphatic heterocycles. The van der Waals surface area contributed by atoms with Gasteiger partial charge in [0.15, 0.2) is 0 Å². The predicted molar refractivity (Wildman–Crippen MR) is 77.9 cm³/mol. The number of aryl methyl sites for hydroxylation is 1. The lowest BCUT2D eigenvalue weighted by Gasteiger charge is -2.19. The van der Waals surface area contributed by atoms with Gasteiger partial charge in [-0.3, -0.25) is 0 Å². The van der Waals surface area contributed by atoms with Crippen molar-refractivity contribution in [1.29, 1.82) is 0 Å². The standard InChI is InChI=1S/C17H19F2N/c1-12-9-15(18)8-7-13(12)10-14(11-20-2)16-5-3-4-6-17(16)19/h3-9,14,20H,10-11H2,1-2H3. The Kier molecular flexibility index (Phi) is 4.85.